The topological polar surface area (TPSA) is 46.2 Å². The molecule has 0 fully saturated rings. The summed E-state index contributed by atoms with van der Waals surface area (Å²) >= 11 is 7.14. The normalized spacial score (nSPS) is 12.8. The van der Waals surface area contributed by atoms with Gasteiger partial charge in [-0.15, -0.1) is 0 Å². The molecule has 0 spiro atoms. The number of ether oxygens (including phenoxy) is 5. The van der Waals surface area contributed by atoms with Gasteiger partial charge in [0.05, 0.1) is 26.4 Å². The van der Waals surface area contributed by atoms with Gasteiger partial charge < -0.3 is 23.7 Å². The highest BCUT2D eigenvalue weighted by atomic mass is 79.9. The van der Waals surface area contributed by atoms with Gasteiger partial charge in [-0.3, -0.25) is 0 Å². The van der Waals surface area contributed by atoms with Crippen molar-refractivity contribution in [1.82, 2.24) is 0 Å². The van der Waals surface area contributed by atoms with Crippen LogP contribution in [0.25, 0.3) is 0 Å². The predicted octanol–water partition coefficient (Wildman–Crippen LogP) is 13.9. The minimum Gasteiger partial charge on any atom is -0.496 e. The molecule has 0 radical (unpaired) electrons. The third-order valence-corrected chi connectivity index (χ3v) is 11.9. The van der Waals surface area contributed by atoms with E-state index in [0.29, 0.717) is 12.8 Å². The van der Waals surface area contributed by atoms with E-state index in [9.17, 15) is 0 Å². The molecule has 0 saturated carbocycles. The van der Waals surface area contributed by atoms with Crippen molar-refractivity contribution in [3.8, 4) is 34.5 Å². The summed E-state index contributed by atoms with van der Waals surface area (Å²) in [6.07, 6.45) is 0.719. The van der Waals surface area contributed by atoms with E-state index in [1.54, 1.807) is 14.2 Å². The summed E-state index contributed by atoms with van der Waals surface area (Å²) < 4.78 is 34.0. The lowest BCUT2D eigenvalue weighted by molar-refractivity contribution is -0.0753. The van der Waals surface area contributed by atoms with Gasteiger partial charge in [0.25, 0.3) is 0 Å². The van der Waals surface area contributed by atoms with Crippen LogP contribution in [0.5, 0.6) is 34.5 Å². The van der Waals surface area contributed by atoms with Crippen molar-refractivity contribution >= 4 is 31.9 Å². The predicted molar refractivity (Wildman–Crippen MR) is 239 cm³/mol. The van der Waals surface area contributed by atoms with Crippen LogP contribution in [-0.4, -0.2) is 26.4 Å². The van der Waals surface area contributed by atoms with Crippen LogP contribution in [0, 0.1) is 13.8 Å². The Morgan fingerprint density at radius 2 is 0.842 bits per heavy atom. The Balaban J connectivity index is 1.42. The molecule has 6 rings (SSSR count). The minimum absolute atomic E-state index is 0.274. The Bertz CT molecular complexity index is 2140. The zero-order valence-corrected chi connectivity index (χ0v) is 37.2. The highest BCUT2D eigenvalue weighted by molar-refractivity contribution is 9.10. The van der Waals surface area contributed by atoms with Gasteiger partial charge in [-0.05, 0) is 133 Å². The van der Waals surface area contributed by atoms with Gasteiger partial charge in [-0.25, -0.2) is 0 Å². The lowest BCUT2D eigenvalue weighted by Crippen LogP contribution is -2.46. The van der Waals surface area contributed by atoms with Crippen molar-refractivity contribution < 1.29 is 23.7 Å². The summed E-state index contributed by atoms with van der Waals surface area (Å²) in [6, 6.07) is 45.4. The molecule has 0 aliphatic rings. The third kappa shape index (κ3) is 10.5. The molecule has 0 aliphatic carbocycles. The van der Waals surface area contributed by atoms with Crippen LogP contribution >= 0.6 is 31.9 Å². The van der Waals surface area contributed by atoms with Crippen LogP contribution in [0.3, 0.4) is 0 Å². The average molecular weight is 893 g/mol. The van der Waals surface area contributed by atoms with E-state index in [0.717, 1.165) is 76.8 Å². The van der Waals surface area contributed by atoms with Crippen molar-refractivity contribution in [2.45, 2.75) is 77.4 Å². The Morgan fingerprint density at radius 3 is 1.21 bits per heavy atom. The summed E-state index contributed by atoms with van der Waals surface area (Å²) in [4.78, 5) is 0. The third-order valence-electron chi connectivity index (χ3n) is 10.9. The molecule has 0 aromatic heterocycles. The lowest BCUT2D eigenvalue weighted by atomic mass is 9.74. The standard InChI is InChI=1S/C50H52Br2O5/c1-33-21-23-37(29-45(33)53-7)49(3,4)47(27-35-13-9-17-41(25-35)55-43-19-11-15-39(51)31-43)57-48(50(5,6)38-24-22-34(2)46(30-38)54-8)28-36-14-10-18-42(26-36)56-44-20-12-16-40(52)32-44/h9-26,29-32,47-48H,27-28H2,1-8H3. The van der Waals surface area contributed by atoms with E-state index < -0.39 is 10.8 Å². The highest BCUT2D eigenvalue weighted by Gasteiger charge is 2.40. The van der Waals surface area contributed by atoms with Crippen LogP contribution in [0.2, 0.25) is 0 Å². The Labute approximate surface area is 355 Å². The van der Waals surface area contributed by atoms with Crippen LogP contribution < -0.4 is 18.9 Å². The van der Waals surface area contributed by atoms with Crippen molar-refractivity contribution in [3.63, 3.8) is 0 Å². The Kier molecular flexibility index (Phi) is 13.5. The zero-order chi connectivity index (χ0) is 40.7. The molecule has 7 heteroatoms. The average Bonchev–Trinajstić information content (AvgIpc) is 3.18. The smallest absolute Gasteiger partial charge is 0.128 e. The fourth-order valence-corrected chi connectivity index (χ4v) is 7.95. The molecule has 6 aromatic carbocycles. The molecule has 2 unspecified atom stereocenters. The molecule has 6 aromatic rings. The summed E-state index contributed by atoms with van der Waals surface area (Å²) in [6.45, 7) is 13.2. The second kappa shape index (κ2) is 18.4. The van der Waals surface area contributed by atoms with Crippen LogP contribution in [-0.2, 0) is 28.4 Å². The van der Waals surface area contributed by atoms with E-state index in [-0.39, 0.29) is 12.2 Å². The molecule has 296 valence electrons. The maximum absolute atomic E-state index is 7.68. The molecule has 57 heavy (non-hydrogen) atoms. The Hall–Kier alpha value is -4.56. The molecule has 0 saturated heterocycles. The first-order chi connectivity index (χ1) is 27.2. The number of halogens is 2. The van der Waals surface area contributed by atoms with Crippen molar-refractivity contribution in [3.05, 3.63) is 176 Å². The van der Waals surface area contributed by atoms with Crippen molar-refractivity contribution in [1.29, 1.82) is 0 Å². The number of hydrogen-bond donors (Lipinski definition) is 0. The number of methoxy groups -OCH3 is 2. The van der Waals surface area contributed by atoms with Crippen LogP contribution in [0.15, 0.2) is 142 Å². The molecule has 0 aliphatic heterocycles. The van der Waals surface area contributed by atoms with E-state index in [2.05, 4.69) is 146 Å². The molecule has 0 N–H and O–H groups in total. The number of rotatable bonds is 16. The molecule has 5 nitrogen and oxygen atoms in total. The van der Waals surface area contributed by atoms with Crippen molar-refractivity contribution in [2.24, 2.45) is 0 Å². The van der Waals surface area contributed by atoms with Gasteiger partial charge in [0.15, 0.2) is 0 Å². The van der Waals surface area contributed by atoms with E-state index in [1.165, 1.54) is 0 Å². The highest BCUT2D eigenvalue weighted by Crippen LogP contribution is 2.41. The van der Waals surface area contributed by atoms with Gasteiger partial charge in [-0.2, -0.15) is 0 Å². The first kappa shape index (κ1) is 42.1. The fraction of sp³-hybridized carbons (Fsp3) is 0.280. The largest absolute Gasteiger partial charge is 0.496 e. The van der Waals surface area contributed by atoms with Gasteiger partial charge in [-0.1, -0.05) is 120 Å². The van der Waals surface area contributed by atoms with E-state index >= 15 is 0 Å². The first-order valence-corrected chi connectivity index (χ1v) is 20.8. The van der Waals surface area contributed by atoms with Crippen LogP contribution in [0.1, 0.15) is 61.1 Å². The van der Waals surface area contributed by atoms with Gasteiger partial charge in [0, 0.05) is 19.8 Å². The molecule has 0 heterocycles. The Morgan fingerprint density at radius 1 is 0.474 bits per heavy atom. The van der Waals surface area contributed by atoms with Crippen molar-refractivity contribution in [2.75, 3.05) is 14.2 Å². The minimum atomic E-state index is -0.451. The number of hydrogen-bond acceptors (Lipinski definition) is 5. The van der Waals surface area contributed by atoms with Gasteiger partial charge >= 0.3 is 0 Å². The molecular formula is C50H52Br2O5. The number of aryl methyl sites for hydroxylation is 2. The zero-order valence-electron chi connectivity index (χ0n) is 34.1. The van der Waals surface area contributed by atoms with Gasteiger partial charge in [0.2, 0.25) is 0 Å². The monoisotopic (exact) mass is 890 g/mol. The van der Waals surface area contributed by atoms with Gasteiger partial charge in [0.1, 0.15) is 34.5 Å². The maximum atomic E-state index is 7.68. The second-order valence-corrected chi connectivity index (χ2v) is 17.6. The summed E-state index contributed by atoms with van der Waals surface area (Å²) in [5, 5.41) is 0. The fourth-order valence-electron chi connectivity index (χ4n) is 7.19. The quantitative estimate of drug-likeness (QED) is 0.0969. The lowest BCUT2D eigenvalue weighted by Gasteiger charge is -2.43. The summed E-state index contributed by atoms with van der Waals surface area (Å²) in [5.41, 5.74) is 5.76. The van der Waals surface area contributed by atoms with Crippen LogP contribution in [0.4, 0.5) is 0 Å². The van der Waals surface area contributed by atoms with E-state index in [1.807, 2.05) is 60.7 Å². The summed E-state index contributed by atoms with van der Waals surface area (Å²) in [7, 11) is 3.46. The summed E-state index contributed by atoms with van der Waals surface area (Å²) in [5.74, 6) is 4.78. The number of benzene rings is 6. The van der Waals surface area contributed by atoms with E-state index in [4.69, 9.17) is 23.7 Å². The molecule has 2 atom stereocenters. The molecular weight excluding hydrogens is 840 g/mol. The molecule has 0 amide bonds. The SMILES string of the molecule is COc1cc(C(C)(C)C(Cc2cccc(Oc3cccc(Br)c3)c2)OC(Cc2cccc(Oc3cccc(Br)c3)c2)C(C)(C)c2ccc(C)c(OC)c2)ccc1C. The second-order valence-electron chi connectivity index (χ2n) is 15.7. The maximum Gasteiger partial charge on any atom is 0.128 e. The molecule has 0 bridgehead atoms. The first-order valence-electron chi connectivity index (χ1n) is 19.3.